The molecule has 0 aliphatic heterocycles. The number of rotatable bonds is 8. The van der Waals surface area contributed by atoms with E-state index in [0.29, 0.717) is 5.56 Å². The zero-order valence-electron chi connectivity index (χ0n) is 17.5. The third kappa shape index (κ3) is 8.69. The third-order valence-electron chi connectivity index (χ3n) is 3.33. The Labute approximate surface area is 169 Å². The number of amides is 2. The summed E-state index contributed by atoms with van der Waals surface area (Å²) in [5.74, 6) is -0.755. The number of carboxylic acids is 1. The van der Waals surface area contributed by atoms with Gasteiger partial charge in [0.05, 0.1) is 12.5 Å². The van der Waals surface area contributed by atoms with Crippen molar-refractivity contribution in [1.29, 1.82) is 0 Å². The normalized spacial score (nSPS) is 11.9. The number of ether oxygens (including phenoxy) is 4. The van der Waals surface area contributed by atoms with E-state index >= 15 is 0 Å². The number of nitrogens with one attached hydrogen (secondary N) is 1. The van der Waals surface area contributed by atoms with Gasteiger partial charge in [0.15, 0.2) is 6.79 Å². The number of benzene rings is 1. The van der Waals surface area contributed by atoms with E-state index in [9.17, 15) is 19.5 Å². The van der Waals surface area contributed by atoms with Gasteiger partial charge in [-0.1, -0.05) is 0 Å². The van der Waals surface area contributed by atoms with Crippen LogP contribution in [0.3, 0.4) is 0 Å². The van der Waals surface area contributed by atoms with Gasteiger partial charge in [-0.15, -0.1) is 0 Å². The minimum Gasteiger partial charge on any atom is -0.481 e. The summed E-state index contributed by atoms with van der Waals surface area (Å²) >= 11 is 0. The van der Waals surface area contributed by atoms with Crippen molar-refractivity contribution in [1.82, 2.24) is 10.2 Å². The molecule has 0 saturated carbocycles. The Hall–Kier alpha value is -3.01. The monoisotopic (exact) mass is 412 g/mol. The molecule has 2 N–H and O–H groups in total. The summed E-state index contributed by atoms with van der Waals surface area (Å²) in [6.45, 7) is 4.95. The van der Waals surface area contributed by atoms with Gasteiger partial charge in [0, 0.05) is 32.8 Å². The van der Waals surface area contributed by atoms with Crippen molar-refractivity contribution in [2.45, 2.75) is 38.8 Å². The van der Waals surface area contributed by atoms with E-state index in [1.165, 1.54) is 44.3 Å². The summed E-state index contributed by atoms with van der Waals surface area (Å²) in [5.41, 5.74) is -0.391. The van der Waals surface area contributed by atoms with Gasteiger partial charge in [0.2, 0.25) is 0 Å². The van der Waals surface area contributed by atoms with Crippen molar-refractivity contribution in [3.8, 4) is 11.5 Å². The maximum atomic E-state index is 12.2. The van der Waals surface area contributed by atoms with Crippen LogP contribution in [0, 0.1) is 0 Å². The zero-order chi connectivity index (χ0) is 22.2. The second-order valence-corrected chi connectivity index (χ2v) is 7.31. The Balaban J connectivity index is 3.21. The minimum atomic E-state index is -1.13. The quantitative estimate of drug-likeness (QED) is 0.625. The highest BCUT2D eigenvalue weighted by Crippen LogP contribution is 2.32. The highest BCUT2D eigenvalue weighted by Gasteiger charge is 2.25. The Kier molecular flexibility index (Phi) is 8.71. The molecular formula is C19H28N2O8. The van der Waals surface area contributed by atoms with Crippen LogP contribution in [0.2, 0.25) is 0 Å². The molecule has 0 fully saturated rings. The summed E-state index contributed by atoms with van der Waals surface area (Å²) in [6, 6.07) is 3.45. The summed E-state index contributed by atoms with van der Waals surface area (Å²) in [4.78, 5) is 36.5. The van der Waals surface area contributed by atoms with E-state index < -0.39 is 36.2 Å². The Morgan fingerprint density at radius 1 is 1.21 bits per heavy atom. The highest BCUT2D eigenvalue weighted by molar-refractivity contribution is 5.73. The Bertz CT molecular complexity index is 727. The second kappa shape index (κ2) is 10.5. The van der Waals surface area contributed by atoms with Crippen LogP contribution in [-0.2, 0) is 14.3 Å². The molecule has 1 aromatic carbocycles. The molecule has 10 nitrogen and oxygen atoms in total. The van der Waals surface area contributed by atoms with E-state index in [1.807, 2.05) is 0 Å². The van der Waals surface area contributed by atoms with Crippen molar-refractivity contribution in [2.75, 3.05) is 28.0 Å². The first-order chi connectivity index (χ1) is 13.4. The number of aliphatic carboxylic acids is 1. The molecule has 0 radical (unpaired) electrons. The van der Waals surface area contributed by atoms with Gasteiger partial charge in [0.1, 0.15) is 17.1 Å². The van der Waals surface area contributed by atoms with Gasteiger partial charge in [-0.2, -0.15) is 0 Å². The molecule has 0 bridgehead atoms. The van der Waals surface area contributed by atoms with E-state index in [1.54, 1.807) is 20.8 Å². The van der Waals surface area contributed by atoms with Crippen LogP contribution in [0.15, 0.2) is 18.2 Å². The van der Waals surface area contributed by atoms with Crippen LogP contribution < -0.4 is 14.8 Å². The molecule has 10 heteroatoms. The fraction of sp³-hybridized carbons (Fsp3) is 0.526. The minimum absolute atomic E-state index is 0.135. The number of methoxy groups -OCH3 is 1. The average molecular weight is 412 g/mol. The van der Waals surface area contributed by atoms with Crippen LogP contribution in [-0.4, -0.2) is 61.8 Å². The molecule has 0 aliphatic rings. The lowest BCUT2D eigenvalue weighted by molar-refractivity contribution is -0.137. The molecule has 0 aliphatic carbocycles. The lowest BCUT2D eigenvalue weighted by Crippen LogP contribution is -2.36. The summed E-state index contributed by atoms with van der Waals surface area (Å²) in [7, 11) is 4.49. The molecule has 0 spiro atoms. The number of hydrogen-bond donors (Lipinski definition) is 2. The molecule has 29 heavy (non-hydrogen) atoms. The van der Waals surface area contributed by atoms with E-state index in [2.05, 4.69) is 5.32 Å². The molecular weight excluding hydrogens is 384 g/mol. The van der Waals surface area contributed by atoms with Gasteiger partial charge >= 0.3 is 18.2 Å². The molecule has 1 unspecified atom stereocenters. The largest absolute Gasteiger partial charge is 0.481 e. The first-order valence-corrected chi connectivity index (χ1v) is 8.79. The van der Waals surface area contributed by atoms with Crippen LogP contribution in [0.25, 0.3) is 0 Å². The zero-order valence-corrected chi connectivity index (χ0v) is 17.5. The van der Waals surface area contributed by atoms with Crippen molar-refractivity contribution < 1.29 is 38.4 Å². The lowest BCUT2D eigenvalue weighted by Gasteiger charge is -2.24. The summed E-state index contributed by atoms with van der Waals surface area (Å²) in [5, 5.41) is 11.8. The SMILES string of the molecule is COCOc1cc(OC(=O)N(C)C)ccc1C(CC(=O)O)NC(=O)OC(C)(C)C. The number of alkyl carbamates (subject to hydrolysis) is 1. The molecule has 1 aromatic rings. The molecule has 162 valence electrons. The molecule has 1 rings (SSSR count). The predicted molar refractivity (Wildman–Crippen MR) is 103 cm³/mol. The summed E-state index contributed by atoms with van der Waals surface area (Å²) in [6.07, 6.45) is -1.78. The van der Waals surface area contributed by atoms with Crippen molar-refractivity contribution in [3.63, 3.8) is 0 Å². The Morgan fingerprint density at radius 2 is 1.86 bits per heavy atom. The van der Waals surface area contributed by atoms with E-state index in [-0.39, 0.29) is 18.3 Å². The van der Waals surface area contributed by atoms with Gasteiger partial charge in [0.25, 0.3) is 0 Å². The topological polar surface area (TPSA) is 124 Å². The van der Waals surface area contributed by atoms with Gasteiger partial charge in [-0.3, -0.25) is 4.79 Å². The summed E-state index contributed by atoms with van der Waals surface area (Å²) < 4.78 is 20.8. The first-order valence-electron chi connectivity index (χ1n) is 8.79. The number of carbonyl (C=O) groups is 3. The van der Waals surface area contributed by atoms with Gasteiger partial charge in [-0.05, 0) is 32.9 Å². The molecule has 0 saturated heterocycles. The maximum absolute atomic E-state index is 12.2. The van der Waals surface area contributed by atoms with E-state index in [4.69, 9.17) is 18.9 Å². The lowest BCUT2D eigenvalue weighted by atomic mass is 10.0. The van der Waals surface area contributed by atoms with Gasteiger partial charge < -0.3 is 34.3 Å². The third-order valence-corrected chi connectivity index (χ3v) is 3.33. The average Bonchev–Trinajstić information content (AvgIpc) is 2.57. The van der Waals surface area contributed by atoms with Crippen LogP contribution in [0.1, 0.15) is 38.8 Å². The number of nitrogens with zero attached hydrogens (tertiary/aromatic N) is 1. The number of hydrogen-bond acceptors (Lipinski definition) is 7. The van der Waals surface area contributed by atoms with Crippen LogP contribution in [0.4, 0.5) is 9.59 Å². The fourth-order valence-corrected chi connectivity index (χ4v) is 2.17. The highest BCUT2D eigenvalue weighted by atomic mass is 16.7. The maximum Gasteiger partial charge on any atom is 0.414 e. The van der Waals surface area contributed by atoms with Crippen LogP contribution >= 0.6 is 0 Å². The molecule has 2 amide bonds. The Morgan fingerprint density at radius 3 is 2.38 bits per heavy atom. The predicted octanol–water partition coefficient (Wildman–Crippen LogP) is 2.77. The second-order valence-electron chi connectivity index (χ2n) is 7.31. The number of carbonyl (C=O) groups excluding carboxylic acids is 2. The molecule has 0 heterocycles. The standard InChI is InChI=1S/C19H28N2O8/c1-19(2,3)29-17(24)20-14(10-16(22)23)13-8-7-12(28-18(25)21(4)5)9-15(13)27-11-26-6/h7-9,14H,10-11H2,1-6H3,(H,20,24)(H,22,23). The van der Waals surface area contributed by atoms with E-state index in [0.717, 1.165) is 0 Å². The first kappa shape index (κ1) is 24.0. The van der Waals surface area contributed by atoms with Crippen LogP contribution in [0.5, 0.6) is 11.5 Å². The molecule has 1 atom stereocenters. The van der Waals surface area contributed by atoms with Crippen molar-refractivity contribution >= 4 is 18.2 Å². The molecule has 0 aromatic heterocycles. The van der Waals surface area contributed by atoms with Crippen molar-refractivity contribution in [2.24, 2.45) is 0 Å². The number of carboxylic acid groups (broad SMARTS) is 1. The fourth-order valence-electron chi connectivity index (χ4n) is 2.17. The van der Waals surface area contributed by atoms with Crippen molar-refractivity contribution in [3.05, 3.63) is 23.8 Å². The van der Waals surface area contributed by atoms with Gasteiger partial charge in [-0.25, -0.2) is 9.59 Å². The smallest absolute Gasteiger partial charge is 0.414 e.